The Bertz CT molecular complexity index is 1740. The summed E-state index contributed by atoms with van der Waals surface area (Å²) in [7, 11) is 0. The summed E-state index contributed by atoms with van der Waals surface area (Å²) in [6, 6.07) is 31.1. The number of fused-ring (bicyclic) bond motifs is 2. The van der Waals surface area contributed by atoms with Gasteiger partial charge in [0, 0.05) is 6.07 Å². The van der Waals surface area contributed by atoms with Crippen LogP contribution in [-0.4, -0.2) is 11.1 Å². The first-order chi connectivity index (χ1) is 18.1. The van der Waals surface area contributed by atoms with E-state index in [0.717, 1.165) is 10.2 Å². The van der Waals surface area contributed by atoms with Gasteiger partial charge in [0.1, 0.15) is 22.1 Å². The summed E-state index contributed by atoms with van der Waals surface area (Å²) in [5.41, 5.74) is 2.78. The van der Waals surface area contributed by atoms with Gasteiger partial charge in [-0.05, 0) is 55.5 Å². The van der Waals surface area contributed by atoms with Crippen molar-refractivity contribution in [1.82, 2.24) is 4.98 Å². The van der Waals surface area contributed by atoms with Gasteiger partial charge >= 0.3 is 6.09 Å². The molecule has 2 aromatic heterocycles. The summed E-state index contributed by atoms with van der Waals surface area (Å²) >= 11 is 1.45. The Kier molecular flexibility index (Phi) is 5.75. The summed E-state index contributed by atoms with van der Waals surface area (Å²) in [6.45, 7) is 1.74. The van der Waals surface area contributed by atoms with Crippen molar-refractivity contribution in [1.29, 1.82) is 0 Å². The second-order valence-corrected chi connectivity index (χ2v) is 9.41. The number of ether oxygens (including phenoxy) is 1. The van der Waals surface area contributed by atoms with Crippen LogP contribution in [0.1, 0.15) is 5.76 Å². The largest absolute Gasteiger partial charge is 0.460 e. The lowest BCUT2D eigenvalue weighted by Crippen LogP contribution is -2.29. The molecule has 180 valence electrons. The van der Waals surface area contributed by atoms with E-state index < -0.39 is 6.09 Å². The zero-order valence-electron chi connectivity index (χ0n) is 19.8. The van der Waals surface area contributed by atoms with Crippen molar-refractivity contribution in [3.8, 4) is 16.3 Å². The Labute approximate surface area is 216 Å². The van der Waals surface area contributed by atoms with Crippen LogP contribution in [0.2, 0.25) is 0 Å². The number of amides is 1. The number of carbonyl (C=O) groups is 1. The van der Waals surface area contributed by atoms with Crippen LogP contribution >= 0.6 is 11.3 Å². The number of hydrogen-bond acceptors (Lipinski definition) is 6. The fraction of sp³-hybridized carbons (Fsp3) is 0.0333. The zero-order valence-corrected chi connectivity index (χ0v) is 20.6. The molecule has 6 rings (SSSR count). The van der Waals surface area contributed by atoms with E-state index in [-0.39, 0.29) is 11.2 Å². The molecular formula is C30H20N2O4S. The molecule has 37 heavy (non-hydrogen) atoms. The molecule has 0 aliphatic heterocycles. The molecule has 0 saturated carbocycles. The third-order valence-electron chi connectivity index (χ3n) is 5.96. The Morgan fingerprint density at radius 3 is 2.19 bits per heavy atom. The first kappa shape index (κ1) is 22.7. The highest BCUT2D eigenvalue weighted by atomic mass is 32.1. The lowest BCUT2D eigenvalue weighted by molar-refractivity contribution is 0.210. The SMILES string of the molecule is Cc1oc2cc(OC(=O)N(c3ccccc3)c3ccccc3)ccc2c(=O)c1-c1nc2ccccc2s1. The van der Waals surface area contributed by atoms with Crippen LogP contribution in [0.5, 0.6) is 5.75 Å². The van der Waals surface area contributed by atoms with E-state index in [1.807, 2.05) is 84.9 Å². The van der Waals surface area contributed by atoms with Gasteiger partial charge in [-0.2, -0.15) is 0 Å². The van der Waals surface area contributed by atoms with Gasteiger partial charge in [0.05, 0.1) is 32.5 Å². The summed E-state index contributed by atoms with van der Waals surface area (Å²) < 4.78 is 12.8. The molecule has 6 nitrogen and oxygen atoms in total. The van der Waals surface area contributed by atoms with Gasteiger partial charge in [0.15, 0.2) is 0 Å². The van der Waals surface area contributed by atoms with Gasteiger partial charge in [-0.3, -0.25) is 4.79 Å². The Hall–Kier alpha value is -4.75. The molecule has 2 heterocycles. The van der Waals surface area contributed by atoms with Crippen LogP contribution in [-0.2, 0) is 0 Å². The maximum Gasteiger partial charge on any atom is 0.424 e. The smallest absolute Gasteiger partial charge is 0.424 e. The van der Waals surface area contributed by atoms with Gasteiger partial charge in [0.2, 0.25) is 5.43 Å². The molecule has 0 aliphatic rings. The van der Waals surface area contributed by atoms with Crippen molar-refractivity contribution in [3.05, 3.63) is 119 Å². The van der Waals surface area contributed by atoms with Crippen molar-refractivity contribution in [2.45, 2.75) is 6.92 Å². The average Bonchev–Trinajstić information content (AvgIpc) is 3.33. The number of carbonyl (C=O) groups excluding carboxylic acids is 1. The minimum Gasteiger partial charge on any atom is -0.460 e. The molecule has 0 spiro atoms. The van der Waals surface area contributed by atoms with Gasteiger partial charge in [-0.25, -0.2) is 14.7 Å². The summed E-state index contributed by atoms with van der Waals surface area (Å²) in [5, 5.41) is 1.01. The third kappa shape index (κ3) is 4.26. The lowest BCUT2D eigenvalue weighted by atomic mass is 10.1. The maximum absolute atomic E-state index is 13.4. The molecular weight excluding hydrogens is 484 g/mol. The first-order valence-corrected chi connectivity index (χ1v) is 12.5. The number of hydrogen-bond donors (Lipinski definition) is 0. The highest BCUT2D eigenvalue weighted by molar-refractivity contribution is 7.21. The van der Waals surface area contributed by atoms with Crippen molar-refractivity contribution >= 4 is 50.0 Å². The molecule has 0 radical (unpaired) electrons. The van der Waals surface area contributed by atoms with Gasteiger partial charge in [-0.15, -0.1) is 11.3 Å². The topological polar surface area (TPSA) is 72.6 Å². The van der Waals surface area contributed by atoms with Crippen molar-refractivity contribution in [2.75, 3.05) is 4.90 Å². The van der Waals surface area contributed by atoms with E-state index in [0.29, 0.717) is 38.7 Å². The monoisotopic (exact) mass is 504 g/mol. The number of aromatic nitrogens is 1. The summed E-state index contributed by atoms with van der Waals surface area (Å²) in [5.74, 6) is 0.722. The van der Waals surface area contributed by atoms with E-state index in [1.165, 1.54) is 16.2 Å². The minimum absolute atomic E-state index is 0.175. The summed E-state index contributed by atoms with van der Waals surface area (Å²) in [6.07, 6.45) is -0.582. The van der Waals surface area contributed by atoms with Crippen LogP contribution < -0.4 is 15.1 Å². The Morgan fingerprint density at radius 2 is 1.51 bits per heavy atom. The van der Waals surface area contributed by atoms with E-state index in [2.05, 4.69) is 4.98 Å². The molecule has 0 N–H and O–H groups in total. The van der Waals surface area contributed by atoms with Crippen LogP contribution in [0.4, 0.5) is 16.2 Å². The predicted octanol–water partition coefficient (Wildman–Crippen LogP) is 7.72. The van der Waals surface area contributed by atoms with Crippen LogP contribution in [0.3, 0.4) is 0 Å². The highest BCUT2D eigenvalue weighted by Gasteiger charge is 2.22. The number of rotatable bonds is 4. The second-order valence-electron chi connectivity index (χ2n) is 8.38. The standard InChI is InChI=1S/C30H20N2O4S/c1-19-27(29-31-24-14-8-9-15-26(24)37-29)28(33)23-17-16-22(18-25(23)35-19)36-30(34)32(20-10-4-2-5-11-20)21-12-6-3-7-13-21/h2-18H,1H3. The third-order valence-corrected chi connectivity index (χ3v) is 7.02. The van der Waals surface area contributed by atoms with Gasteiger partial charge < -0.3 is 9.15 Å². The molecule has 0 bridgehead atoms. The van der Waals surface area contributed by atoms with Crippen LogP contribution in [0, 0.1) is 6.92 Å². The van der Waals surface area contributed by atoms with Gasteiger partial charge in [0.25, 0.3) is 0 Å². The molecule has 7 heteroatoms. The number of para-hydroxylation sites is 3. The van der Waals surface area contributed by atoms with E-state index in [9.17, 15) is 9.59 Å². The minimum atomic E-state index is -0.582. The molecule has 1 amide bonds. The fourth-order valence-corrected chi connectivity index (χ4v) is 5.29. The quantitative estimate of drug-likeness (QED) is 0.246. The number of aryl methyl sites for hydroxylation is 1. The molecule has 0 fully saturated rings. The molecule has 0 unspecified atom stereocenters. The molecule has 0 atom stereocenters. The maximum atomic E-state index is 13.4. The van der Waals surface area contributed by atoms with Crippen molar-refractivity contribution in [2.24, 2.45) is 0 Å². The molecule has 4 aromatic carbocycles. The van der Waals surface area contributed by atoms with Gasteiger partial charge in [-0.1, -0.05) is 48.5 Å². The zero-order chi connectivity index (χ0) is 25.4. The van der Waals surface area contributed by atoms with Crippen molar-refractivity contribution < 1.29 is 13.9 Å². The highest BCUT2D eigenvalue weighted by Crippen LogP contribution is 2.33. The number of benzene rings is 4. The first-order valence-electron chi connectivity index (χ1n) is 11.6. The van der Waals surface area contributed by atoms with E-state index in [1.54, 1.807) is 25.1 Å². The fourth-order valence-electron chi connectivity index (χ4n) is 4.24. The predicted molar refractivity (Wildman–Crippen MR) is 147 cm³/mol. The van der Waals surface area contributed by atoms with E-state index in [4.69, 9.17) is 9.15 Å². The lowest BCUT2D eigenvalue weighted by Gasteiger charge is -2.22. The molecule has 6 aromatic rings. The summed E-state index contributed by atoms with van der Waals surface area (Å²) in [4.78, 5) is 32.9. The number of anilines is 2. The average molecular weight is 505 g/mol. The van der Waals surface area contributed by atoms with Crippen molar-refractivity contribution in [3.63, 3.8) is 0 Å². The Balaban J connectivity index is 1.36. The van der Waals surface area contributed by atoms with Crippen LogP contribution in [0.25, 0.3) is 31.8 Å². The molecule has 0 aliphatic carbocycles. The Morgan fingerprint density at radius 1 is 0.865 bits per heavy atom. The molecule has 0 saturated heterocycles. The van der Waals surface area contributed by atoms with E-state index >= 15 is 0 Å². The number of thiazole rings is 1. The second kappa shape index (κ2) is 9.37. The normalized spacial score (nSPS) is 11.1. The number of nitrogens with zero attached hydrogens (tertiary/aromatic N) is 2. The van der Waals surface area contributed by atoms with Crippen LogP contribution in [0.15, 0.2) is 112 Å².